The van der Waals surface area contributed by atoms with Gasteiger partial charge in [-0.05, 0) is 106 Å². The minimum Gasteiger partial charge on any atom is -0.0620 e. The molecule has 0 radical (unpaired) electrons. The Morgan fingerprint density at radius 2 is 1.11 bits per heavy atom. The molecule has 5 aromatic rings. The van der Waals surface area contributed by atoms with Crippen molar-refractivity contribution in [3.05, 3.63) is 130 Å². The Bertz CT molecular complexity index is 1630. The van der Waals surface area contributed by atoms with Crippen LogP contribution >= 0.6 is 0 Å². The topological polar surface area (TPSA) is 0 Å². The molecule has 0 aromatic heterocycles. The van der Waals surface area contributed by atoms with Crippen LogP contribution in [-0.2, 0) is 18.3 Å². The average Bonchev–Trinajstić information content (AvgIpc) is 3.10. The number of hydrogen-bond donors (Lipinski definition) is 0. The van der Waals surface area contributed by atoms with Crippen molar-refractivity contribution in [2.75, 3.05) is 0 Å². The summed E-state index contributed by atoms with van der Waals surface area (Å²) >= 11 is 0. The molecule has 36 heavy (non-hydrogen) atoms. The van der Waals surface area contributed by atoms with E-state index in [1.807, 2.05) is 0 Å². The fourth-order valence-corrected chi connectivity index (χ4v) is 6.31. The quantitative estimate of drug-likeness (QED) is 0.247. The highest BCUT2D eigenvalue weighted by Gasteiger charge is 2.36. The van der Waals surface area contributed by atoms with Gasteiger partial charge in [0.05, 0.1) is 0 Å². The van der Waals surface area contributed by atoms with Gasteiger partial charge >= 0.3 is 0 Å². The summed E-state index contributed by atoms with van der Waals surface area (Å²) < 4.78 is 0. The van der Waals surface area contributed by atoms with Gasteiger partial charge < -0.3 is 0 Å². The zero-order valence-corrected chi connectivity index (χ0v) is 22.1. The van der Waals surface area contributed by atoms with Crippen LogP contribution in [-0.4, -0.2) is 0 Å². The predicted octanol–water partition coefficient (Wildman–Crippen LogP) is 9.52. The summed E-state index contributed by atoms with van der Waals surface area (Å²) in [6, 6.07) is 34.2. The molecule has 0 saturated heterocycles. The molecule has 178 valence electrons. The third-order valence-electron chi connectivity index (χ3n) is 8.38. The van der Waals surface area contributed by atoms with E-state index in [-0.39, 0.29) is 5.41 Å². The lowest BCUT2D eigenvalue weighted by molar-refractivity contribution is 0.659. The zero-order valence-electron chi connectivity index (χ0n) is 22.1. The first-order valence-electron chi connectivity index (χ1n) is 13.2. The Morgan fingerprint density at radius 3 is 1.83 bits per heavy atom. The van der Waals surface area contributed by atoms with Crippen molar-refractivity contribution in [1.82, 2.24) is 0 Å². The van der Waals surface area contributed by atoms with E-state index in [4.69, 9.17) is 0 Å². The summed E-state index contributed by atoms with van der Waals surface area (Å²) in [6.07, 6.45) is 2.12. The second kappa shape index (κ2) is 8.49. The predicted molar refractivity (Wildman–Crippen MR) is 155 cm³/mol. The first-order chi connectivity index (χ1) is 17.3. The van der Waals surface area contributed by atoms with Crippen molar-refractivity contribution >= 4 is 10.8 Å². The molecule has 1 aliphatic rings. The zero-order chi connectivity index (χ0) is 25.0. The van der Waals surface area contributed by atoms with E-state index in [0.717, 1.165) is 12.8 Å². The van der Waals surface area contributed by atoms with Crippen LogP contribution in [0.15, 0.2) is 91.0 Å². The Labute approximate surface area is 215 Å². The maximum Gasteiger partial charge on any atom is 0.0159 e. The standard InChI is InChI=1S/C36H34/c1-23-10-6-7-11-28(23)30-18-16-26(20-24(30)2)14-15-27-17-19-32-33(22-27)36(4,5)34-21-25(3)29-12-8-9-13-31(29)35(32)34/h6-13,16-22H,14-15H2,1-5H3. The van der Waals surface area contributed by atoms with Crippen molar-refractivity contribution in [2.45, 2.75) is 52.9 Å². The number of aryl methyl sites for hydroxylation is 5. The lowest BCUT2D eigenvalue weighted by Crippen LogP contribution is -2.15. The van der Waals surface area contributed by atoms with Crippen LogP contribution in [0.25, 0.3) is 33.0 Å². The summed E-state index contributed by atoms with van der Waals surface area (Å²) in [5.41, 5.74) is 15.4. The van der Waals surface area contributed by atoms with Gasteiger partial charge in [-0.3, -0.25) is 0 Å². The van der Waals surface area contributed by atoms with Crippen molar-refractivity contribution in [3.63, 3.8) is 0 Å². The van der Waals surface area contributed by atoms with Crippen LogP contribution in [0.3, 0.4) is 0 Å². The van der Waals surface area contributed by atoms with E-state index in [0.29, 0.717) is 0 Å². The van der Waals surface area contributed by atoms with Gasteiger partial charge in [0.15, 0.2) is 0 Å². The molecule has 0 bridgehead atoms. The van der Waals surface area contributed by atoms with Crippen molar-refractivity contribution < 1.29 is 0 Å². The van der Waals surface area contributed by atoms with Crippen molar-refractivity contribution in [2.24, 2.45) is 0 Å². The number of fused-ring (bicyclic) bond motifs is 5. The van der Waals surface area contributed by atoms with Crippen molar-refractivity contribution in [3.8, 4) is 22.3 Å². The highest BCUT2D eigenvalue weighted by atomic mass is 14.4. The second-order valence-corrected chi connectivity index (χ2v) is 11.1. The summed E-state index contributed by atoms with van der Waals surface area (Å²) in [5.74, 6) is 0. The number of benzene rings is 5. The van der Waals surface area contributed by atoms with Crippen LogP contribution in [0, 0.1) is 20.8 Å². The van der Waals surface area contributed by atoms with E-state index in [9.17, 15) is 0 Å². The molecule has 0 saturated carbocycles. The first kappa shape index (κ1) is 22.8. The third kappa shape index (κ3) is 3.59. The lowest BCUT2D eigenvalue weighted by Gasteiger charge is -2.23. The molecule has 6 rings (SSSR count). The summed E-state index contributed by atoms with van der Waals surface area (Å²) in [7, 11) is 0. The summed E-state index contributed by atoms with van der Waals surface area (Å²) in [4.78, 5) is 0. The van der Waals surface area contributed by atoms with Gasteiger partial charge in [0, 0.05) is 5.41 Å². The maximum absolute atomic E-state index is 2.48. The smallest absolute Gasteiger partial charge is 0.0159 e. The van der Waals surface area contributed by atoms with E-state index >= 15 is 0 Å². The molecule has 0 heterocycles. The molecular weight excluding hydrogens is 432 g/mol. The highest BCUT2D eigenvalue weighted by Crippen LogP contribution is 2.52. The molecule has 0 fully saturated rings. The monoisotopic (exact) mass is 466 g/mol. The molecule has 0 nitrogen and oxygen atoms in total. The van der Waals surface area contributed by atoms with E-state index in [1.165, 1.54) is 72.0 Å². The molecule has 0 atom stereocenters. The largest absolute Gasteiger partial charge is 0.0620 e. The van der Waals surface area contributed by atoms with Crippen LogP contribution in [0.1, 0.15) is 52.8 Å². The van der Waals surface area contributed by atoms with Gasteiger partial charge in [-0.25, -0.2) is 0 Å². The second-order valence-electron chi connectivity index (χ2n) is 11.1. The van der Waals surface area contributed by atoms with Gasteiger partial charge in [0.25, 0.3) is 0 Å². The number of hydrogen-bond acceptors (Lipinski definition) is 0. The first-order valence-corrected chi connectivity index (χ1v) is 13.2. The Balaban J connectivity index is 1.30. The average molecular weight is 467 g/mol. The lowest BCUT2D eigenvalue weighted by atomic mass is 9.80. The van der Waals surface area contributed by atoms with Crippen LogP contribution in [0.4, 0.5) is 0 Å². The minimum atomic E-state index is 0.0151. The molecule has 0 aliphatic heterocycles. The summed E-state index contributed by atoms with van der Waals surface area (Å²) in [5, 5.41) is 2.75. The van der Waals surface area contributed by atoms with Gasteiger partial charge in [0.1, 0.15) is 0 Å². The molecule has 0 spiro atoms. The third-order valence-corrected chi connectivity index (χ3v) is 8.38. The van der Waals surface area contributed by atoms with E-state index < -0.39 is 0 Å². The molecule has 0 amide bonds. The highest BCUT2D eigenvalue weighted by molar-refractivity contribution is 6.03. The molecule has 0 N–H and O–H groups in total. The summed E-state index contributed by atoms with van der Waals surface area (Å²) in [6.45, 7) is 11.5. The van der Waals surface area contributed by atoms with Gasteiger partial charge in [-0.1, -0.05) is 105 Å². The number of rotatable bonds is 4. The van der Waals surface area contributed by atoms with Crippen LogP contribution in [0.2, 0.25) is 0 Å². The Morgan fingerprint density at radius 1 is 0.500 bits per heavy atom. The van der Waals surface area contributed by atoms with Gasteiger partial charge in [0.2, 0.25) is 0 Å². The van der Waals surface area contributed by atoms with E-state index in [2.05, 4.69) is 126 Å². The normalized spacial score (nSPS) is 13.6. The van der Waals surface area contributed by atoms with E-state index in [1.54, 1.807) is 0 Å². The Kier molecular flexibility index (Phi) is 5.38. The van der Waals surface area contributed by atoms with Gasteiger partial charge in [-0.2, -0.15) is 0 Å². The van der Waals surface area contributed by atoms with Crippen molar-refractivity contribution in [1.29, 1.82) is 0 Å². The van der Waals surface area contributed by atoms with Crippen LogP contribution in [0.5, 0.6) is 0 Å². The van der Waals surface area contributed by atoms with Gasteiger partial charge in [-0.15, -0.1) is 0 Å². The minimum absolute atomic E-state index is 0.0151. The molecule has 0 heteroatoms. The Hall–Kier alpha value is -3.64. The SMILES string of the molecule is Cc1ccccc1-c1ccc(CCc2ccc3c(c2)C(C)(C)c2cc(C)c4ccccc4c2-3)cc1C. The fourth-order valence-electron chi connectivity index (χ4n) is 6.31. The fraction of sp³-hybridized carbons (Fsp3) is 0.222. The van der Waals surface area contributed by atoms with Crippen LogP contribution < -0.4 is 0 Å². The maximum atomic E-state index is 2.48. The molecular formula is C36H34. The molecule has 0 unspecified atom stereocenters. The molecule has 1 aliphatic carbocycles. The molecule has 5 aromatic carbocycles.